The standard InChI is InChI=1S/C17H12Cl2O3/c1-10(8-18)11-2-4-14-16(6-11)21-15-5-3-12(13(20)9-19)7-17(15)22-14/h2-7H,1,8-9H2. The number of alkyl halides is 2. The van der Waals surface area contributed by atoms with E-state index >= 15 is 0 Å². The molecule has 1 aliphatic rings. The maximum Gasteiger partial charge on any atom is 0.177 e. The fourth-order valence-corrected chi connectivity index (χ4v) is 2.44. The highest BCUT2D eigenvalue weighted by Crippen LogP contribution is 2.46. The van der Waals surface area contributed by atoms with Gasteiger partial charge in [0.25, 0.3) is 0 Å². The lowest BCUT2D eigenvalue weighted by Gasteiger charge is -2.21. The summed E-state index contributed by atoms with van der Waals surface area (Å²) in [5.41, 5.74) is 2.20. The third kappa shape index (κ3) is 2.70. The van der Waals surface area contributed by atoms with E-state index in [1.54, 1.807) is 24.3 Å². The van der Waals surface area contributed by atoms with Crippen LogP contribution in [0.5, 0.6) is 23.0 Å². The molecule has 0 unspecified atom stereocenters. The minimum absolute atomic E-state index is 0.0693. The van der Waals surface area contributed by atoms with Gasteiger partial charge in [-0.3, -0.25) is 4.79 Å². The number of halogens is 2. The van der Waals surface area contributed by atoms with E-state index in [2.05, 4.69) is 6.58 Å². The van der Waals surface area contributed by atoms with Crippen molar-refractivity contribution in [2.24, 2.45) is 0 Å². The quantitative estimate of drug-likeness (QED) is 0.482. The maximum atomic E-state index is 11.6. The molecular weight excluding hydrogens is 323 g/mol. The van der Waals surface area contributed by atoms with Gasteiger partial charge in [-0.2, -0.15) is 0 Å². The van der Waals surface area contributed by atoms with Crippen molar-refractivity contribution in [3.8, 4) is 23.0 Å². The molecule has 0 aliphatic carbocycles. The molecule has 1 aliphatic heterocycles. The molecule has 0 spiro atoms. The summed E-state index contributed by atoms with van der Waals surface area (Å²) in [6, 6.07) is 10.5. The molecule has 0 bridgehead atoms. The normalized spacial score (nSPS) is 11.7. The highest BCUT2D eigenvalue weighted by Gasteiger charge is 2.20. The van der Waals surface area contributed by atoms with Crippen LogP contribution in [0.25, 0.3) is 5.57 Å². The summed E-state index contributed by atoms with van der Waals surface area (Å²) in [6.07, 6.45) is 0. The van der Waals surface area contributed by atoms with Crippen LogP contribution in [0.1, 0.15) is 15.9 Å². The molecule has 0 atom stereocenters. The molecule has 2 aromatic carbocycles. The first kappa shape index (κ1) is 14.9. The lowest BCUT2D eigenvalue weighted by Crippen LogP contribution is -2.04. The summed E-state index contributed by atoms with van der Waals surface area (Å²) in [7, 11) is 0. The van der Waals surface area contributed by atoms with Crippen molar-refractivity contribution in [2.45, 2.75) is 0 Å². The molecule has 5 heteroatoms. The monoisotopic (exact) mass is 334 g/mol. The lowest BCUT2D eigenvalue weighted by molar-refractivity contribution is 0.102. The average molecular weight is 335 g/mol. The average Bonchev–Trinajstić information content (AvgIpc) is 2.57. The number of ether oxygens (including phenoxy) is 2. The van der Waals surface area contributed by atoms with E-state index in [4.69, 9.17) is 32.7 Å². The number of fused-ring (bicyclic) bond motifs is 2. The zero-order chi connectivity index (χ0) is 15.7. The molecule has 0 N–H and O–H groups in total. The van der Waals surface area contributed by atoms with E-state index < -0.39 is 0 Å². The Balaban J connectivity index is 1.95. The van der Waals surface area contributed by atoms with E-state index in [9.17, 15) is 4.79 Å². The van der Waals surface area contributed by atoms with E-state index in [1.165, 1.54) is 0 Å². The summed E-state index contributed by atoms with van der Waals surface area (Å²) in [6.45, 7) is 3.90. The number of carbonyl (C=O) groups excluding carboxylic acids is 1. The number of benzene rings is 2. The Kier molecular flexibility index (Phi) is 4.10. The molecule has 0 radical (unpaired) electrons. The molecular formula is C17H12Cl2O3. The fourth-order valence-electron chi connectivity index (χ4n) is 2.13. The molecule has 1 heterocycles. The summed E-state index contributed by atoms with van der Waals surface area (Å²) < 4.78 is 11.6. The van der Waals surface area contributed by atoms with Crippen LogP contribution in [0, 0.1) is 0 Å². The second-order valence-electron chi connectivity index (χ2n) is 4.82. The van der Waals surface area contributed by atoms with Gasteiger partial charge in [0.05, 0.1) is 5.88 Å². The van der Waals surface area contributed by atoms with Crippen LogP contribution >= 0.6 is 23.2 Å². The van der Waals surface area contributed by atoms with Gasteiger partial charge in [0.1, 0.15) is 0 Å². The lowest BCUT2D eigenvalue weighted by atomic mass is 10.1. The van der Waals surface area contributed by atoms with Crippen LogP contribution < -0.4 is 9.47 Å². The smallest absolute Gasteiger partial charge is 0.177 e. The first-order valence-electron chi connectivity index (χ1n) is 6.59. The summed E-state index contributed by atoms with van der Waals surface area (Å²) >= 11 is 11.4. The molecule has 22 heavy (non-hydrogen) atoms. The largest absolute Gasteiger partial charge is 0.449 e. The molecule has 0 saturated heterocycles. The van der Waals surface area contributed by atoms with Crippen LogP contribution in [0.4, 0.5) is 0 Å². The second kappa shape index (κ2) is 6.03. The summed E-state index contributed by atoms with van der Waals surface area (Å²) in [5, 5.41) is 0. The molecule has 112 valence electrons. The topological polar surface area (TPSA) is 35.5 Å². The van der Waals surface area contributed by atoms with Gasteiger partial charge in [-0.05, 0) is 41.5 Å². The van der Waals surface area contributed by atoms with E-state index in [0.29, 0.717) is 34.4 Å². The molecule has 0 amide bonds. The number of rotatable bonds is 4. The Morgan fingerprint density at radius 1 is 0.864 bits per heavy atom. The Labute approximate surface area is 138 Å². The third-order valence-corrected chi connectivity index (χ3v) is 3.91. The first-order valence-corrected chi connectivity index (χ1v) is 7.66. The van der Waals surface area contributed by atoms with Gasteiger partial charge in [-0.25, -0.2) is 0 Å². The fraction of sp³-hybridized carbons (Fsp3) is 0.118. The van der Waals surface area contributed by atoms with Crippen molar-refractivity contribution in [1.29, 1.82) is 0 Å². The van der Waals surface area contributed by atoms with Gasteiger partial charge >= 0.3 is 0 Å². The number of ketones is 1. The van der Waals surface area contributed by atoms with E-state index in [1.807, 2.05) is 12.1 Å². The molecule has 0 fully saturated rings. The van der Waals surface area contributed by atoms with Gasteiger partial charge in [0.15, 0.2) is 28.8 Å². The Morgan fingerprint density at radius 2 is 1.41 bits per heavy atom. The highest BCUT2D eigenvalue weighted by molar-refractivity contribution is 6.30. The van der Waals surface area contributed by atoms with Crippen LogP contribution in [-0.2, 0) is 0 Å². The second-order valence-corrected chi connectivity index (χ2v) is 5.36. The van der Waals surface area contributed by atoms with Crippen LogP contribution in [0.15, 0.2) is 43.0 Å². The summed E-state index contributed by atoms with van der Waals surface area (Å²) in [5.74, 6) is 2.33. The Bertz CT molecular complexity index is 703. The minimum atomic E-state index is -0.160. The van der Waals surface area contributed by atoms with E-state index in [-0.39, 0.29) is 11.7 Å². The molecule has 0 aromatic heterocycles. The molecule has 2 aromatic rings. The van der Waals surface area contributed by atoms with Crippen molar-refractivity contribution in [2.75, 3.05) is 11.8 Å². The van der Waals surface area contributed by atoms with Crippen molar-refractivity contribution in [3.63, 3.8) is 0 Å². The number of allylic oxidation sites excluding steroid dienone is 1. The van der Waals surface area contributed by atoms with E-state index in [0.717, 1.165) is 11.1 Å². The van der Waals surface area contributed by atoms with Crippen molar-refractivity contribution >= 4 is 34.6 Å². The number of hydrogen-bond acceptors (Lipinski definition) is 3. The number of hydrogen-bond donors (Lipinski definition) is 0. The molecule has 3 rings (SSSR count). The predicted octanol–water partition coefficient (Wildman–Crippen LogP) is 5.26. The van der Waals surface area contributed by atoms with Gasteiger partial charge in [-0.15, -0.1) is 23.2 Å². The van der Waals surface area contributed by atoms with Gasteiger partial charge in [-0.1, -0.05) is 12.6 Å². The SMILES string of the molecule is C=C(CCl)c1ccc2c(c1)Oc1ccc(C(=O)CCl)cc1O2. The van der Waals surface area contributed by atoms with Crippen molar-refractivity contribution < 1.29 is 14.3 Å². The van der Waals surface area contributed by atoms with Gasteiger partial charge < -0.3 is 9.47 Å². The van der Waals surface area contributed by atoms with Crippen LogP contribution in [0.3, 0.4) is 0 Å². The minimum Gasteiger partial charge on any atom is -0.449 e. The highest BCUT2D eigenvalue weighted by atomic mass is 35.5. The van der Waals surface area contributed by atoms with Gasteiger partial charge in [0.2, 0.25) is 0 Å². The van der Waals surface area contributed by atoms with Crippen molar-refractivity contribution in [1.82, 2.24) is 0 Å². The van der Waals surface area contributed by atoms with Gasteiger partial charge in [0, 0.05) is 11.4 Å². The number of carbonyl (C=O) groups is 1. The van der Waals surface area contributed by atoms with Crippen LogP contribution in [-0.4, -0.2) is 17.5 Å². The zero-order valence-electron chi connectivity index (χ0n) is 11.6. The number of Topliss-reactive ketones (excluding diaryl/α,β-unsaturated/α-hetero) is 1. The Hall–Kier alpha value is -1.97. The zero-order valence-corrected chi connectivity index (χ0v) is 13.1. The van der Waals surface area contributed by atoms with Crippen molar-refractivity contribution in [3.05, 3.63) is 54.1 Å². The first-order chi connectivity index (χ1) is 10.6. The molecule has 0 saturated carbocycles. The predicted molar refractivity (Wildman–Crippen MR) is 87.8 cm³/mol. The van der Waals surface area contributed by atoms with Crippen LogP contribution in [0.2, 0.25) is 0 Å². The third-order valence-electron chi connectivity index (χ3n) is 3.34. The molecule has 3 nitrogen and oxygen atoms in total. The summed E-state index contributed by atoms with van der Waals surface area (Å²) in [4.78, 5) is 11.6. The Morgan fingerprint density at radius 3 is 1.95 bits per heavy atom. The maximum absolute atomic E-state index is 11.6.